The van der Waals surface area contributed by atoms with Gasteiger partial charge >= 0.3 is 0 Å². The van der Waals surface area contributed by atoms with Crippen molar-refractivity contribution >= 4 is 27.8 Å². The lowest BCUT2D eigenvalue weighted by atomic mass is 10.2. The minimum Gasteiger partial charge on any atom is -0.494 e. The highest BCUT2D eigenvalue weighted by Crippen LogP contribution is 2.22. The first-order valence-corrected chi connectivity index (χ1v) is 7.01. The van der Waals surface area contributed by atoms with Gasteiger partial charge in [-0.05, 0) is 61.4 Å². The molecule has 0 spiro atoms. The van der Waals surface area contributed by atoms with Crippen molar-refractivity contribution in [2.24, 2.45) is 4.99 Å². The van der Waals surface area contributed by atoms with Crippen LogP contribution in [0.15, 0.2) is 51.9 Å². The van der Waals surface area contributed by atoms with E-state index in [0.29, 0.717) is 6.61 Å². The lowest BCUT2D eigenvalue weighted by Gasteiger charge is -2.02. The maximum absolute atomic E-state index is 5.40. The van der Waals surface area contributed by atoms with E-state index in [2.05, 4.69) is 33.9 Å². The van der Waals surface area contributed by atoms with E-state index in [1.54, 1.807) is 0 Å². The Labute approximate surface area is 122 Å². The normalized spacial score (nSPS) is 10.9. The molecule has 0 aliphatic heterocycles. The monoisotopic (exact) mass is 317 g/mol. The van der Waals surface area contributed by atoms with Gasteiger partial charge in [-0.2, -0.15) is 0 Å². The molecule has 0 amide bonds. The van der Waals surface area contributed by atoms with Crippen molar-refractivity contribution < 1.29 is 4.74 Å². The third-order valence-corrected chi connectivity index (χ3v) is 3.56. The predicted octanol–water partition coefficient (Wildman–Crippen LogP) is 4.91. The van der Waals surface area contributed by atoms with Crippen LogP contribution in [0.1, 0.15) is 18.1 Å². The van der Waals surface area contributed by atoms with Gasteiger partial charge in [0.25, 0.3) is 0 Å². The second-order valence-corrected chi connectivity index (χ2v) is 5.05. The Bertz CT molecular complexity index is 576. The zero-order chi connectivity index (χ0) is 13.7. The van der Waals surface area contributed by atoms with Crippen molar-refractivity contribution in [3.8, 4) is 5.75 Å². The van der Waals surface area contributed by atoms with Crippen LogP contribution in [-0.4, -0.2) is 12.8 Å². The summed E-state index contributed by atoms with van der Waals surface area (Å²) in [5.74, 6) is 0.887. The average Bonchev–Trinajstić information content (AvgIpc) is 2.42. The second kappa shape index (κ2) is 6.53. The Hall–Kier alpha value is -1.61. The first-order valence-electron chi connectivity index (χ1n) is 6.22. The first-order chi connectivity index (χ1) is 9.19. The van der Waals surface area contributed by atoms with E-state index in [0.717, 1.165) is 21.5 Å². The summed E-state index contributed by atoms with van der Waals surface area (Å²) in [6, 6.07) is 14.0. The Balaban J connectivity index is 2.11. The molecule has 0 fully saturated rings. The molecular weight excluding hydrogens is 302 g/mol. The molecule has 0 aliphatic rings. The van der Waals surface area contributed by atoms with Crippen LogP contribution in [0.2, 0.25) is 0 Å². The minimum absolute atomic E-state index is 0.685. The molecule has 0 saturated carbocycles. The van der Waals surface area contributed by atoms with Gasteiger partial charge in [-0.25, -0.2) is 0 Å². The summed E-state index contributed by atoms with van der Waals surface area (Å²) < 4.78 is 6.48. The fraction of sp³-hybridized carbons (Fsp3) is 0.188. The van der Waals surface area contributed by atoms with Gasteiger partial charge in [0.1, 0.15) is 5.75 Å². The Morgan fingerprint density at radius 1 is 1.16 bits per heavy atom. The summed E-state index contributed by atoms with van der Waals surface area (Å²) in [6.45, 7) is 4.72. The van der Waals surface area contributed by atoms with Gasteiger partial charge in [0.15, 0.2) is 0 Å². The van der Waals surface area contributed by atoms with E-state index in [1.807, 2.05) is 49.5 Å². The molecule has 0 radical (unpaired) electrons. The number of halogens is 1. The maximum atomic E-state index is 5.40. The standard InChI is InChI=1S/C16H16BrNO/c1-3-19-15-8-5-13(6-9-15)11-18-14-7-4-12(2)16(17)10-14/h4-11H,3H2,1-2H3. The van der Waals surface area contributed by atoms with E-state index in [4.69, 9.17) is 4.74 Å². The zero-order valence-corrected chi connectivity index (χ0v) is 12.6. The number of rotatable bonds is 4. The van der Waals surface area contributed by atoms with Gasteiger partial charge in [0.2, 0.25) is 0 Å². The summed E-state index contributed by atoms with van der Waals surface area (Å²) >= 11 is 3.51. The van der Waals surface area contributed by atoms with Gasteiger partial charge in [0.05, 0.1) is 12.3 Å². The van der Waals surface area contributed by atoms with Crippen LogP contribution in [0.25, 0.3) is 0 Å². The minimum atomic E-state index is 0.685. The molecule has 0 unspecified atom stereocenters. The molecule has 0 bridgehead atoms. The fourth-order valence-electron chi connectivity index (χ4n) is 1.63. The molecule has 2 aromatic carbocycles. The third-order valence-electron chi connectivity index (χ3n) is 2.71. The number of aliphatic imine (C=N–C) groups is 1. The SMILES string of the molecule is CCOc1ccc(C=Nc2ccc(C)c(Br)c2)cc1. The van der Waals surface area contributed by atoms with Crippen molar-refractivity contribution in [2.45, 2.75) is 13.8 Å². The molecule has 19 heavy (non-hydrogen) atoms. The molecule has 0 atom stereocenters. The van der Waals surface area contributed by atoms with Gasteiger partial charge < -0.3 is 4.74 Å². The lowest BCUT2D eigenvalue weighted by molar-refractivity contribution is 0.340. The van der Waals surface area contributed by atoms with Crippen LogP contribution in [0, 0.1) is 6.92 Å². The molecule has 0 N–H and O–H groups in total. The van der Waals surface area contributed by atoms with Crippen LogP contribution >= 0.6 is 15.9 Å². The topological polar surface area (TPSA) is 21.6 Å². The maximum Gasteiger partial charge on any atom is 0.119 e. The van der Waals surface area contributed by atoms with E-state index >= 15 is 0 Å². The summed E-state index contributed by atoms with van der Waals surface area (Å²) in [5, 5.41) is 0. The number of nitrogens with zero attached hydrogens (tertiary/aromatic N) is 1. The van der Waals surface area contributed by atoms with Crippen molar-refractivity contribution in [1.29, 1.82) is 0 Å². The Morgan fingerprint density at radius 2 is 1.89 bits per heavy atom. The van der Waals surface area contributed by atoms with Crippen molar-refractivity contribution in [3.63, 3.8) is 0 Å². The quantitative estimate of drug-likeness (QED) is 0.734. The molecule has 3 heteroatoms. The third kappa shape index (κ3) is 3.93. The second-order valence-electron chi connectivity index (χ2n) is 4.19. The molecule has 0 heterocycles. The largest absolute Gasteiger partial charge is 0.494 e. The van der Waals surface area contributed by atoms with Crippen LogP contribution in [0.3, 0.4) is 0 Å². The smallest absolute Gasteiger partial charge is 0.119 e. The molecule has 2 rings (SSSR count). The number of benzene rings is 2. The van der Waals surface area contributed by atoms with E-state index in [-0.39, 0.29) is 0 Å². The van der Waals surface area contributed by atoms with Crippen LogP contribution in [0.5, 0.6) is 5.75 Å². The number of ether oxygens (including phenoxy) is 1. The average molecular weight is 318 g/mol. The predicted molar refractivity (Wildman–Crippen MR) is 83.7 cm³/mol. The molecule has 2 aromatic rings. The molecular formula is C16H16BrNO. The number of hydrogen-bond acceptors (Lipinski definition) is 2. The highest BCUT2D eigenvalue weighted by Gasteiger charge is 1.96. The van der Waals surface area contributed by atoms with Gasteiger partial charge in [-0.3, -0.25) is 4.99 Å². The van der Waals surface area contributed by atoms with Gasteiger partial charge in [0, 0.05) is 10.7 Å². The van der Waals surface area contributed by atoms with E-state index in [1.165, 1.54) is 5.56 Å². The van der Waals surface area contributed by atoms with Crippen LogP contribution in [-0.2, 0) is 0 Å². The van der Waals surface area contributed by atoms with Crippen LogP contribution in [0.4, 0.5) is 5.69 Å². The van der Waals surface area contributed by atoms with Gasteiger partial charge in [-0.1, -0.05) is 22.0 Å². The molecule has 2 nitrogen and oxygen atoms in total. The van der Waals surface area contributed by atoms with Gasteiger partial charge in [-0.15, -0.1) is 0 Å². The van der Waals surface area contributed by atoms with E-state index in [9.17, 15) is 0 Å². The van der Waals surface area contributed by atoms with Crippen LogP contribution < -0.4 is 4.74 Å². The Kier molecular flexibility index (Phi) is 4.74. The highest BCUT2D eigenvalue weighted by molar-refractivity contribution is 9.10. The summed E-state index contributed by atoms with van der Waals surface area (Å²) in [5.41, 5.74) is 3.20. The number of hydrogen-bond donors (Lipinski definition) is 0. The van der Waals surface area contributed by atoms with Crippen molar-refractivity contribution in [1.82, 2.24) is 0 Å². The molecule has 98 valence electrons. The lowest BCUT2D eigenvalue weighted by Crippen LogP contribution is -1.91. The summed E-state index contributed by atoms with van der Waals surface area (Å²) in [6.07, 6.45) is 1.85. The summed E-state index contributed by atoms with van der Waals surface area (Å²) in [4.78, 5) is 4.46. The van der Waals surface area contributed by atoms with Crippen molar-refractivity contribution in [2.75, 3.05) is 6.61 Å². The van der Waals surface area contributed by atoms with E-state index < -0.39 is 0 Å². The van der Waals surface area contributed by atoms with Crippen molar-refractivity contribution in [3.05, 3.63) is 58.1 Å². The Morgan fingerprint density at radius 3 is 2.53 bits per heavy atom. The molecule has 0 aliphatic carbocycles. The molecule has 0 saturated heterocycles. The fourth-order valence-corrected chi connectivity index (χ4v) is 1.99. The molecule has 0 aromatic heterocycles. The first kappa shape index (κ1) is 13.8. The zero-order valence-electron chi connectivity index (χ0n) is 11.1. The summed E-state index contributed by atoms with van der Waals surface area (Å²) in [7, 11) is 0. The highest BCUT2D eigenvalue weighted by atomic mass is 79.9. The number of aryl methyl sites for hydroxylation is 1.